The zero-order chi connectivity index (χ0) is 23.7. The van der Waals surface area contributed by atoms with Crippen LogP contribution in [-0.4, -0.2) is 49.8 Å². The standard InChI is InChI=1S/C23H27N7O3S/c1-23(2,3)28-5-4-7-30-20-18(19(24)26-13-27-20)29-22(30)34-17-12-16-15(31-9-10-32-16)11-14(17)21-25-6-8-33-21/h6,8,11-13,28H,4-5,7,9-10H2,1-3H3,(H2,24,26,27). The monoisotopic (exact) mass is 481 g/mol. The van der Waals surface area contributed by atoms with Crippen LogP contribution in [0.25, 0.3) is 22.6 Å². The number of oxazole rings is 1. The highest BCUT2D eigenvalue weighted by Gasteiger charge is 2.23. The van der Waals surface area contributed by atoms with Gasteiger partial charge in [-0.2, -0.15) is 0 Å². The first-order chi connectivity index (χ1) is 16.4. The Kier molecular flexibility index (Phi) is 6.05. The zero-order valence-corrected chi connectivity index (χ0v) is 20.2. The van der Waals surface area contributed by atoms with Crippen LogP contribution in [0.1, 0.15) is 27.2 Å². The molecule has 1 aliphatic heterocycles. The van der Waals surface area contributed by atoms with Gasteiger partial charge < -0.3 is 29.5 Å². The summed E-state index contributed by atoms with van der Waals surface area (Å²) in [6.07, 6.45) is 5.54. The summed E-state index contributed by atoms with van der Waals surface area (Å²) >= 11 is 1.48. The second-order valence-electron chi connectivity index (χ2n) is 8.94. The number of imidazole rings is 1. The van der Waals surface area contributed by atoms with Crippen molar-refractivity contribution in [1.82, 2.24) is 29.8 Å². The second kappa shape index (κ2) is 9.15. The lowest BCUT2D eigenvalue weighted by atomic mass is 10.1. The fourth-order valence-corrected chi connectivity index (χ4v) is 4.73. The molecule has 0 spiro atoms. The molecule has 1 aromatic carbocycles. The zero-order valence-electron chi connectivity index (χ0n) is 19.4. The lowest BCUT2D eigenvalue weighted by Gasteiger charge is -2.21. The lowest BCUT2D eigenvalue weighted by molar-refractivity contribution is 0.171. The molecule has 0 bridgehead atoms. The normalized spacial score (nSPS) is 13.5. The van der Waals surface area contributed by atoms with Crippen LogP contribution in [-0.2, 0) is 6.54 Å². The van der Waals surface area contributed by atoms with Crippen molar-refractivity contribution in [2.75, 3.05) is 25.5 Å². The van der Waals surface area contributed by atoms with Crippen molar-refractivity contribution in [2.45, 2.75) is 49.3 Å². The number of fused-ring (bicyclic) bond motifs is 2. The van der Waals surface area contributed by atoms with Gasteiger partial charge in [-0.05, 0) is 45.9 Å². The summed E-state index contributed by atoms with van der Waals surface area (Å²) in [6, 6.07) is 3.84. The molecule has 5 rings (SSSR count). The highest BCUT2D eigenvalue weighted by atomic mass is 32.2. The van der Waals surface area contributed by atoms with Crippen molar-refractivity contribution in [2.24, 2.45) is 0 Å². The summed E-state index contributed by atoms with van der Waals surface area (Å²) in [5.74, 6) is 2.20. The largest absolute Gasteiger partial charge is 0.486 e. The molecule has 0 saturated heterocycles. The fourth-order valence-electron chi connectivity index (χ4n) is 3.69. The Balaban J connectivity index is 1.53. The lowest BCUT2D eigenvalue weighted by Crippen LogP contribution is -2.36. The number of benzene rings is 1. The van der Waals surface area contributed by atoms with Crippen molar-refractivity contribution in [3.8, 4) is 23.0 Å². The third-order valence-corrected chi connectivity index (χ3v) is 6.30. The van der Waals surface area contributed by atoms with Crippen LogP contribution < -0.4 is 20.5 Å². The van der Waals surface area contributed by atoms with E-state index in [1.165, 1.54) is 18.1 Å². The molecule has 0 amide bonds. The Labute approximate surface area is 201 Å². The maximum Gasteiger partial charge on any atom is 0.227 e. The van der Waals surface area contributed by atoms with Gasteiger partial charge in [-0.15, -0.1) is 0 Å². The number of ether oxygens (including phenoxy) is 2. The summed E-state index contributed by atoms with van der Waals surface area (Å²) in [5, 5.41) is 4.28. The Bertz CT molecular complexity index is 1300. The molecule has 1 aliphatic rings. The maximum atomic E-state index is 6.13. The number of anilines is 1. The number of hydrogen-bond donors (Lipinski definition) is 2. The molecular formula is C23H27N7O3S. The van der Waals surface area contributed by atoms with Crippen molar-refractivity contribution >= 4 is 28.7 Å². The average molecular weight is 482 g/mol. The quantitative estimate of drug-likeness (QED) is 0.377. The van der Waals surface area contributed by atoms with E-state index in [9.17, 15) is 0 Å². The number of aromatic nitrogens is 5. The minimum absolute atomic E-state index is 0.0529. The summed E-state index contributed by atoms with van der Waals surface area (Å²) in [7, 11) is 0. The third-order valence-electron chi connectivity index (χ3n) is 5.25. The van der Waals surface area contributed by atoms with Gasteiger partial charge in [-0.1, -0.05) is 11.8 Å². The summed E-state index contributed by atoms with van der Waals surface area (Å²) < 4.78 is 19.3. The summed E-state index contributed by atoms with van der Waals surface area (Å²) in [5.41, 5.74) is 8.28. The molecule has 0 fully saturated rings. The number of rotatable bonds is 7. The average Bonchev–Trinajstić information content (AvgIpc) is 3.45. The van der Waals surface area contributed by atoms with Crippen LogP contribution in [0.3, 0.4) is 0 Å². The molecule has 4 aromatic rings. The van der Waals surface area contributed by atoms with Gasteiger partial charge in [-0.3, -0.25) is 0 Å². The van der Waals surface area contributed by atoms with Crippen LogP contribution in [0.15, 0.2) is 45.4 Å². The van der Waals surface area contributed by atoms with Crippen molar-refractivity contribution in [3.63, 3.8) is 0 Å². The molecule has 10 nitrogen and oxygen atoms in total. The number of aryl methyl sites for hydroxylation is 1. The van der Waals surface area contributed by atoms with Gasteiger partial charge in [0.15, 0.2) is 33.6 Å². The molecule has 34 heavy (non-hydrogen) atoms. The first kappa shape index (κ1) is 22.5. The van der Waals surface area contributed by atoms with Crippen LogP contribution in [0.4, 0.5) is 5.82 Å². The van der Waals surface area contributed by atoms with Crippen LogP contribution in [0.2, 0.25) is 0 Å². The van der Waals surface area contributed by atoms with E-state index in [4.69, 9.17) is 24.6 Å². The number of nitrogens with zero attached hydrogens (tertiary/aromatic N) is 5. The van der Waals surface area contributed by atoms with Crippen LogP contribution in [0.5, 0.6) is 11.5 Å². The molecule has 0 unspecified atom stereocenters. The van der Waals surface area contributed by atoms with Crippen molar-refractivity contribution in [1.29, 1.82) is 0 Å². The van der Waals surface area contributed by atoms with E-state index in [1.807, 2.05) is 12.1 Å². The van der Waals surface area contributed by atoms with E-state index in [0.29, 0.717) is 47.6 Å². The number of nitrogens with one attached hydrogen (secondary N) is 1. The highest BCUT2D eigenvalue weighted by Crippen LogP contribution is 2.43. The Morgan fingerprint density at radius 1 is 1.12 bits per heavy atom. The van der Waals surface area contributed by atoms with E-state index in [2.05, 4.69) is 45.6 Å². The van der Waals surface area contributed by atoms with Crippen LogP contribution >= 0.6 is 11.8 Å². The third kappa shape index (κ3) is 4.66. The minimum Gasteiger partial charge on any atom is -0.486 e. The Hall–Kier alpha value is -3.31. The summed E-state index contributed by atoms with van der Waals surface area (Å²) in [6.45, 7) is 9.04. The first-order valence-corrected chi connectivity index (χ1v) is 11.9. The SMILES string of the molecule is CC(C)(C)NCCCn1c(Sc2cc3c(cc2-c2ncco2)OCCO3)nc2c(N)ncnc21. The second-order valence-corrected chi connectivity index (χ2v) is 9.95. The molecule has 0 radical (unpaired) electrons. The van der Waals surface area contributed by atoms with Gasteiger partial charge >= 0.3 is 0 Å². The number of hydrogen-bond acceptors (Lipinski definition) is 10. The molecule has 178 valence electrons. The molecule has 3 aromatic heterocycles. The minimum atomic E-state index is 0.0529. The fraction of sp³-hybridized carbons (Fsp3) is 0.391. The van der Waals surface area contributed by atoms with E-state index in [1.54, 1.807) is 12.5 Å². The number of nitrogens with two attached hydrogens (primary N) is 1. The van der Waals surface area contributed by atoms with E-state index in [0.717, 1.165) is 35.1 Å². The van der Waals surface area contributed by atoms with Gasteiger partial charge in [-0.25, -0.2) is 19.9 Å². The predicted octanol–water partition coefficient (Wildman–Crippen LogP) is 3.76. The van der Waals surface area contributed by atoms with Crippen LogP contribution in [0, 0.1) is 0 Å². The van der Waals surface area contributed by atoms with Gasteiger partial charge in [0.05, 0.1) is 11.8 Å². The smallest absolute Gasteiger partial charge is 0.227 e. The maximum absolute atomic E-state index is 6.13. The highest BCUT2D eigenvalue weighted by molar-refractivity contribution is 7.99. The van der Waals surface area contributed by atoms with Crippen molar-refractivity contribution < 1.29 is 13.9 Å². The summed E-state index contributed by atoms with van der Waals surface area (Å²) in [4.78, 5) is 18.6. The first-order valence-electron chi connectivity index (χ1n) is 11.1. The molecule has 3 N–H and O–H groups in total. The van der Waals surface area contributed by atoms with Gasteiger partial charge in [0, 0.05) is 17.0 Å². The van der Waals surface area contributed by atoms with Gasteiger partial charge in [0.2, 0.25) is 5.89 Å². The molecule has 0 saturated carbocycles. The van der Waals surface area contributed by atoms with Gasteiger partial charge in [0.1, 0.15) is 25.8 Å². The van der Waals surface area contributed by atoms with Crippen molar-refractivity contribution in [3.05, 3.63) is 30.9 Å². The number of nitrogen functional groups attached to an aromatic ring is 1. The molecule has 11 heteroatoms. The predicted molar refractivity (Wildman–Crippen MR) is 129 cm³/mol. The molecule has 0 aliphatic carbocycles. The molecule has 4 heterocycles. The Morgan fingerprint density at radius 3 is 2.65 bits per heavy atom. The van der Waals surface area contributed by atoms with E-state index < -0.39 is 0 Å². The Morgan fingerprint density at radius 2 is 1.91 bits per heavy atom. The van der Waals surface area contributed by atoms with Gasteiger partial charge in [0.25, 0.3) is 0 Å². The van der Waals surface area contributed by atoms with E-state index in [-0.39, 0.29) is 5.54 Å². The molecule has 0 atom stereocenters. The topological polar surface area (TPSA) is 126 Å². The van der Waals surface area contributed by atoms with E-state index >= 15 is 0 Å². The molecular weight excluding hydrogens is 454 g/mol.